The molecule has 2 amide bonds. The molecule has 0 aliphatic rings. The summed E-state index contributed by atoms with van der Waals surface area (Å²) in [5.74, 6) is -7.40. The van der Waals surface area contributed by atoms with Gasteiger partial charge in [0.25, 0.3) is 0 Å². The number of hydrogen-bond acceptors (Lipinski definition) is 4. The van der Waals surface area contributed by atoms with Gasteiger partial charge in [0.1, 0.15) is 12.0 Å². The minimum atomic E-state index is -5.06. The number of amides is 2. The van der Waals surface area contributed by atoms with Gasteiger partial charge in [0.2, 0.25) is 11.8 Å². The molecule has 0 saturated carbocycles. The van der Waals surface area contributed by atoms with Crippen molar-refractivity contribution in [1.82, 2.24) is 10.6 Å². The first-order valence-corrected chi connectivity index (χ1v) is 10.5. The molecule has 0 fully saturated rings. The molecule has 0 spiro atoms. The number of alkyl halides is 3. The highest BCUT2D eigenvalue weighted by molar-refractivity contribution is 5.94. The van der Waals surface area contributed by atoms with Crippen LogP contribution in [0.15, 0.2) is 60.7 Å². The Balaban J connectivity index is 2.03. The van der Waals surface area contributed by atoms with E-state index in [4.69, 9.17) is 0 Å². The van der Waals surface area contributed by atoms with Crippen LogP contribution in [0.5, 0.6) is 0 Å². The average molecular weight is 478 g/mol. The van der Waals surface area contributed by atoms with Crippen LogP contribution in [0.25, 0.3) is 0 Å². The summed E-state index contributed by atoms with van der Waals surface area (Å²) in [4.78, 5) is 48.4. The molecule has 2 aromatic carbocycles. The van der Waals surface area contributed by atoms with Crippen molar-refractivity contribution in [1.29, 1.82) is 0 Å². The normalized spacial score (nSPS) is 13.9. The fraction of sp³-hybridized carbons (Fsp3) is 0.333. The maximum atomic E-state index is 13.6. The van der Waals surface area contributed by atoms with E-state index in [2.05, 4.69) is 10.6 Å². The van der Waals surface area contributed by atoms with Crippen molar-refractivity contribution in [3.8, 4) is 0 Å². The van der Waals surface area contributed by atoms with Gasteiger partial charge in [-0.05, 0) is 18.1 Å². The number of halogens is 3. The Labute approximate surface area is 194 Å². The number of Topliss-reactive ketones (excluding diaryl/α,β-unsaturated/α-hetero) is 1. The number of carbonyl (C=O) groups is 4. The lowest BCUT2D eigenvalue weighted by Gasteiger charge is -2.23. The molecular formula is C24H25F3N2O5. The predicted octanol–water partition coefficient (Wildman–Crippen LogP) is 2.68. The monoisotopic (exact) mass is 478 g/mol. The second-order valence-electron chi connectivity index (χ2n) is 7.80. The van der Waals surface area contributed by atoms with Crippen molar-refractivity contribution in [2.75, 3.05) is 0 Å². The number of rotatable bonds is 11. The maximum Gasteiger partial charge on any atom is 0.399 e. The topological polar surface area (TPSA) is 113 Å². The third-order valence-electron chi connectivity index (χ3n) is 5.06. The lowest BCUT2D eigenvalue weighted by Crippen LogP contribution is -2.49. The SMILES string of the molecule is CC(NC(=O)Cc1ccccc1)C(=O)C(CC(=O)N[C@@H](Cc1ccccc1)C(=O)O)C(F)(F)F. The number of benzene rings is 2. The van der Waals surface area contributed by atoms with E-state index in [1.807, 2.05) is 0 Å². The van der Waals surface area contributed by atoms with Gasteiger partial charge in [0.05, 0.1) is 12.5 Å². The van der Waals surface area contributed by atoms with E-state index in [9.17, 15) is 37.5 Å². The van der Waals surface area contributed by atoms with E-state index < -0.39 is 54.2 Å². The summed E-state index contributed by atoms with van der Waals surface area (Å²) < 4.78 is 40.8. The summed E-state index contributed by atoms with van der Waals surface area (Å²) >= 11 is 0. The number of carboxylic acids is 1. The average Bonchev–Trinajstić information content (AvgIpc) is 2.77. The van der Waals surface area contributed by atoms with Crippen molar-refractivity contribution >= 4 is 23.6 Å². The van der Waals surface area contributed by atoms with Crippen molar-refractivity contribution < 1.29 is 37.5 Å². The number of nitrogens with one attached hydrogen (secondary N) is 2. The lowest BCUT2D eigenvalue weighted by atomic mass is 9.94. The second kappa shape index (κ2) is 12.0. The van der Waals surface area contributed by atoms with E-state index in [0.29, 0.717) is 11.1 Å². The quantitative estimate of drug-likeness (QED) is 0.460. The van der Waals surface area contributed by atoms with Crippen LogP contribution in [-0.2, 0) is 32.0 Å². The van der Waals surface area contributed by atoms with Crippen molar-refractivity contribution in [2.45, 2.75) is 44.4 Å². The summed E-state index contributed by atoms with van der Waals surface area (Å²) in [6.07, 6.45) is -6.63. The summed E-state index contributed by atoms with van der Waals surface area (Å²) in [5.41, 5.74) is 1.18. The standard InChI is InChI=1S/C24H25F3N2O5/c1-15(28-20(30)13-17-10-6-3-7-11-17)22(32)18(24(25,26)27)14-21(31)29-19(23(33)34)12-16-8-4-2-5-9-16/h2-11,15,18-19H,12-14H2,1H3,(H,28,30)(H,29,31)(H,33,34)/t15?,18?,19-/m0/s1. The zero-order chi connectivity index (χ0) is 25.3. The Bertz CT molecular complexity index is 997. The van der Waals surface area contributed by atoms with Gasteiger partial charge in [-0.25, -0.2) is 4.79 Å². The van der Waals surface area contributed by atoms with Gasteiger partial charge in [-0.15, -0.1) is 0 Å². The molecule has 3 atom stereocenters. The number of ketones is 1. The third kappa shape index (κ3) is 8.34. The van der Waals surface area contributed by atoms with E-state index in [1.165, 1.54) is 0 Å². The Morgan fingerprint density at radius 3 is 1.88 bits per heavy atom. The summed E-state index contributed by atoms with van der Waals surface area (Å²) in [5, 5.41) is 13.6. The first-order valence-electron chi connectivity index (χ1n) is 10.5. The van der Waals surface area contributed by atoms with Gasteiger partial charge >= 0.3 is 12.1 Å². The summed E-state index contributed by atoms with van der Waals surface area (Å²) in [6.45, 7) is 1.11. The molecule has 34 heavy (non-hydrogen) atoms. The van der Waals surface area contributed by atoms with Gasteiger partial charge in [-0.2, -0.15) is 13.2 Å². The fourth-order valence-electron chi connectivity index (χ4n) is 3.31. The number of carboxylic acid groups (broad SMARTS) is 1. The maximum absolute atomic E-state index is 13.6. The van der Waals surface area contributed by atoms with Gasteiger partial charge < -0.3 is 15.7 Å². The lowest BCUT2D eigenvalue weighted by molar-refractivity contribution is -0.185. The van der Waals surface area contributed by atoms with Gasteiger partial charge in [-0.3, -0.25) is 14.4 Å². The highest BCUT2D eigenvalue weighted by Crippen LogP contribution is 2.30. The van der Waals surface area contributed by atoms with Gasteiger partial charge in [-0.1, -0.05) is 60.7 Å². The fourth-order valence-corrected chi connectivity index (χ4v) is 3.31. The Kier molecular flexibility index (Phi) is 9.35. The molecule has 0 radical (unpaired) electrons. The van der Waals surface area contributed by atoms with Crippen molar-refractivity contribution in [3.63, 3.8) is 0 Å². The van der Waals surface area contributed by atoms with Crippen LogP contribution < -0.4 is 10.6 Å². The Morgan fingerprint density at radius 2 is 1.38 bits per heavy atom. The van der Waals surface area contributed by atoms with Crippen LogP contribution in [0.4, 0.5) is 13.2 Å². The first kappa shape index (κ1) is 26.6. The van der Waals surface area contributed by atoms with E-state index in [0.717, 1.165) is 6.92 Å². The molecule has 2 unspecified atom stereocenters. The molecule has 0 saturated heterocycles. The highest BCUT2D eigenvalue weighted by Gasteiger charge is 2.47. The highest BCUT2D eigenvalue weighted by atomic mass is 19.4. The van der Waals surface area contributed by atoms with Crippen molar-refractivity contribution in [3.05, 3.63) is 71.8 Å². The van der Waals surface area contributed by atoms with E-state index >= 15 is 0 Å². The molecule has 2 rings (SSSR count). The predicted molar refractivity (Wildman–Crippen MR) is 117 cm³/mol. The van der Waals surface area contributed by atoms with Crippen LogP contribution >= 0.6 is 0 Å². The molecule has 3 N–H and O–H groups in total. The van der Waals surface area contributed by atoms with E-state index in [-0.39, 0.29) is 12.8 Å². The summed E-state index contributed by atoms with van der Waals surface area (Å²) in [7, 11) is 0. The van der Waals surface area contributed by atoms with Crippen LogP contribution in [0, 0.1) is 5.92 Å². The smallest absolute Gasteiger partial charge is 0.399 e. The van der Waals surface area contributed by atoms with Crippen LogP contribution in [-0.4, -0.2) is 46.9 Å². The number of hydrogen-bond donors (Lipinski definition) is 3. The molecule has 10 heteroatoms. The van der Waals surface area contributed by atoms with Crippen LogP contribution in [0.2, 0.25) is 0 Å². The zero-order valence-electron chi connectivity index (χ0n) is 18.3. The molecule has 0 bridgehead atoms. The molecule has 0 aromatic heterocycles. The van der Waals surface area contributed by atoms with E-state index in [1.54, 1.807) is 60.7 Å². The minimum absolute atomic E-state index is 0.130. The molecule has 7 nitrogen and oxygen atoms in total. The minimum Gasteiger partial charge on any atom is -0.480 e. The molecule has 0 aliphatic heterocycles. The largest absolute Gasteiger partial charge is 0.480 e. The molecule has 0 aliphatic carbocycles. The molecular weight excluding hydrogens is 453 g/mol. The molecule has 0 heterocycles. The van der Waals surface area contributed by atoms with Crippen molar-refractivity contribution in [2.24, 2.45) is 5.92 Å². The zero-order valence-corrected chi connectivity index (χ0v) is 18.3. The molecule has 2 aromatic rings. The Morgan fingerprint density at radius 1 is 0.853 bits per heavy atom. The van der Waals surface area contributed by atoms with Crippen LogP contribution in [0.3, 0.4) is 0 Å². The van der Waals surface area contributed by atoms with Gasteiger partial charge in [0, 0.05) is 12.8 Å². The first-order chi connectivity index (χ1) is 16.0. The number of carbonyl (C=O) groups excluding carboxylic acids is 3. The second-order valence-corrected chi connectivity index (χ2v) is 7.80. The molecule has 182 valence electrons. The third-order valence-corrected chi connectivity index (χ3v) is 5.06. The number of aliphatic carboxylic acids is 1. The van der Waals surface area contributed by atoms with Gasteiger partial charge in [0.15, 0.2) is 5.78 Å². The van der Waals surface area contributed by atoms with Crippen LogP contribution in [0.1, 0.15) is 24.5 Å². The Hall–Kier alpha value is -3.69. The summed E-state index contributed by atoms with van der Waals surface area (Å²) in [6, 6.07) is 13.7.